The van der Waals surface area contributed by atoms with Crippen molar-refractivity contribution in [2.24, 2.45) is 4.99 Å². The fraction of sp³-hybridized carbons (Fsp3) is 0.136. The molecule has 11 nitrogen and oxygen atoms in total. The lowest BCUT2D eigenvalue weighted by Crippen LogP contribution is -2.04. The van der Waals surface area contributed by atoms with E-state index in [9.17, 15) is 31.6 Å². The number of aryl methyl sites for hydroxylation is 1. The van der Waals surface area contributed by atoms with Gasteiger partial charge in [-0.05, 0) is 13.3 Å². The smallest absolute Gasteiger partial charge is 0.177 e. The fourth-order valence-electron chi connectivity index (χ4n) is 3.02. The van der Waals surface area contributed by atoms with Gasteiger partial charge >= 0.3 is 0 Å². The molecule has 11 heteroatoms. The van der Waals surface area contributed by atoms with Crippen molar-refractivity contribution >= 4 is 33.5 Å². The lowest BCUT2D eigenvalue weighted by Gasteiger charge is -2.11. The van der Waals surface area contributed by atoms with E-state index in [0.717, 1.165) is 0 Å². The molecule has 0 spiro atoms. The molecule has 0 aliphatic heterocycles. The van der Waals surface area contributed by atoms with E-state index in [1.807, 2.05) is 12.1 Å². The summed E-state index contributed by atoms with van der Waals surface area (Å²) in [6, 6.07) is 11.0. The van der Waals surface area contributed by atoms with Crippen LogP contribution in [0.1, 0.15) is 41.7 Å². The van der Waals surface area contributed by atoms with Gasteiger partial charge in [-0.2, -0.15) is 31.6 Å². The molecule has 0 aliphatic rings. The monoisotopic (exact) mass is 427 g/mol. The summed E-state index contributed by atoms with van der Waals surface area (Å²) in [5.41, 5.74) is -0.525. The van der Waals surface area contributed by atoms with Crippen LogP contribution in [0.15, 0.2) is 16.6 Å². The highest BCUT2D eigenvalue weighted by atomic mass is 14.9. The summed E-state index contributed by atoms with van der Waals surface area (Å²) in [4.78, 5) is 21.1. The Labute approximate surface area is 187 Å². The molecule has 0 unspecified atom stereocenters. The van der Waals surface area contributed by atoms with E-state index >= 15 is 0 Å². The molecule has 33 heavy (non-hydrogen) atoms. The largest absolute Gasteiger partial charge is 0.234 e. The second kappa shape index (κ2) is 8.95. The van der Waals surface area contributed by atoms with Crippen LogP contribution in [0.3, 0.4) is 0 Å². The van der Waals surface area contributed by atoms with Crippen LogP contribution < -0.4 is 0 Å². The molecule has 3 rings (SSSR count). The molecule has 0 atom stereocenters. The molecule has 0 saturated carbocycles. The topological polar surface area (TPSA) is 207 Å². The molecular weight excluding hydrogens is 418 g/mol. The van der Waals surface area contributed by atoms with Gasteiger partial charge in [0.1, 0.15) is 53.0 Å². The Morgan fingerprint density at radius 2 is 1.18 bits per heavy atom. The lowest BCUT2D eigenvalue weighted by atomic mass is 10.1. The van der Waals surface area contributed by atoms with Crippen molar-refractivity contribution in [2.45, 2.75) is 20.3 Å². The maximum absolute atomic E-state index is 9.61. The van der Waals surface area contributed by atoms with Gasteiger partial charge in [0.15, 0.2) is 28.5 Å². The van der Waals surface area contributed by atoms with Crippen LogP contribution in [0.2, 0.25) is 0 Å². The van der Waals surface area contributed by atoms with E-state index in [4.69, 9.17) is 0 Å². The quantitative estimate of drug-likeness (QED) is 0.339. The first kappa shape index (κ1) is 21.9. The number of nitriles is 6. The summed E-state index contributed by atoms with van der Waals surface area (Å²) in [7, 11) is 0. The van der Waals surface area contributed by atoms with E-state index in [2.05, 4.69) is 24.9 Å². The zero-order valence-electron chi connectivity index (χ0n) is 17.2. The number of benzene rings is 1. The minimum absolute atomic E-state index is 0.00802. The third kappa shape index (κ3) is 3.63. The average molecular weight is 427 g/mol. The first-order valence-corrected chi connectivity index (χ1v) is 9.23. The van der Waals surface area contributed by atoms with Crippen molar-refractivity contribution in [1.82, 2.24) is 19.9 Å². The number of hydrogen-bond acceptors (Lipinski definition) is 11. The second-order valence-electron chi connectivity index (χ2n) is 6.37. The van der Waals surface area contributed by atoms with Gasteiger partial charge < -0.3 is 0 Å². The highest BCUT2D eigenvalue weighted by molar-refractivity contribution is 6.17. The van der Waals surface area contributed by atoms with Crippen molar-refractivity contribution in [2.75, 3.05) is 0 Å². The molecule has 2 aromatic heterocycles. The molecule has 0 amide bonds. The maximum atomic E-state index is 9.61. The van der Waals surface area contributed by atoms with Crippen LogP contribution in [0.4, 0.5) is 5.69 Å². The molecule has 1 aromatic carbocycles. The van der Waals surface area contributed by atoms with Crippen LogP contribution in [-0.4, -0.2) is 25.6 Å². The average Bonchev–Trinajstić information content (AvgIpc) is 2.85. The fourth-order valence-corrected chi connectivity index (χ4v) is 3.02. The van der Waals surface area contributed by atoms with Crippen LogP contribution in [0.25, 0.3) is 22.1 Å². The summed E-state index contributed by atoms with van der Waals surface area (Å²) in [5.74, 6) is 0. The molecule has 0 N–H and O–H groups in total. The standard InChI is InChI=1S/C22H9N11/c1-3-4-12(5-23)13(6-24)29-18-11(2)19-21(31-15(8-26)14(7-25)30-19)22-20(18)32-16(9-27)17(10-28)33-22/h4H,3H2,1-2H3/b12-4+,29-13?. The van der Waals surface area contributed by atoms with Gasteiger partial charge in [-0.25, -0.2) is 24.9 Å². The van der Waals surface area contributed by atoms with Crippen LogP contribution in [-0.2, 0) is 0 Å². The Kier molecular flexibility index (Phi) is 5.95. The van der Waals surface area contributed by atoms with Gasteiger partial charge in [-0.15, -0.1) is 0 Å². The molecule has 0 aliphatic carbocycles. The molecule has 0 bridgehead atoms. The van der Waals surface area contributed by atoms with Gasteiger partial charge in [-0.3, -0.25) is 0 Å². The van der Waals surface area contributed by atoms with Crippen molar-refractivity contribution in [1.29, 1.82) is 31.6 Å². The van der Waals surface area contributed by atoms with Gasteiger partial charge in [0, 0.05) is 5.56 Å². The van der Waals surface area contributed by atoms with E-state index in [-0.39, 0.29) is 61.8 Å². The number of rotatable bonds is 3. The Hall–Kier alpha value is -5.75. The summed E-state index contributed by atoms with van der Waals surface area (Å²) in [6.07, 6.45) is 2.02. The summed E-state index contributed by atoms with van der Waals surface area (Å²) in [6.45, 7) is 3.38. The summed E-state index contributed by atoms with van der Waals surface area (Å²) >= 11 is 0. The zero-order chi connectivity index (χ0) is 24.1. The van der Waals surface area contributed by atoms with Crippen molar-refractivity contribution < 1.29 is 0 Å². The number of fused-ring (bicyclic) bond motifs is 3. The van der Waals surface area contributed by atoms with Gasteiger partial charge in [0.2, 0.25) is 0 Å². The number of aliphatic imine (C=N–C) groups is 1. The molecule has 152 valence electrons. The minimum Gasteiger partial charge on any atom is -0.234 e. The normalized spacial score (nSPS) is 11.0. The third-order valence-electron chi connectivity index (χ3n) is 4.49. The second-order valence-corrected chi connectivity index (χ2v) is 6.37. The van der Waals surface area contributed by atoms with E-state index in [0.29, 0.717) is 12.0 Å². The Morgan fingerprint density at radius 1 is 0.727 bits per heavy atom. The molecule has 3 aromatic rings. The first-order chi connectivity index (χ1) is 16.0. The summed E-state index contributed by atoms with van der Waals surface area (Å²) in [5, 5.41) is 56.5. The predicted octanol–water partition coefficient (Wildman–Crippen LogP) is 2.82. The highest BCUT2D eigenvalue weighted by Gasteiger charge is 2.22. The van der Waals surface area contributed by atoms with Gasteiger partial charge in [-0.1, -0.05) is 13.0 Å². The molecule has 0 saturated heterocycles. The highest BCUT2D eigenvalue weighted by Crippen LogP contribution is 2.35. The van der Waals surface area contributed by atoms with Crippen molar-refractivity contribution in [3.05, 3.63) is 40.0 Å². The Morgan fingerprint density at radius 3 is 1.61 bits per heavy atom. The van der Waals surface area contributed by atoms with Crippen LogP contribution in [0.5, 0.6) is 0 Å². The molecule has 0 radical (unpaired) electrons. The maximum Gasteiger partial charge on any atom is 0.177 e. The third-order valence-corrected chi connectivity index (χ3v) is 4.49. The molecule has 2 heterocycles. The first-order valence-electron chi connectivity index (χ1n) is 9.23. The van der Waals surface area contributed by atoms with Gasteiger partial charge in [0.25, 0.3) is 0 Å². The van der Waals surface area contributed by atoms with Crippen molar-refractivity contribution in [3.63, 3.8) is 0 Å². The zero-order valence-corrected chi connectivity index (χ0v) is 17.2. The van der Waals surface area contributed by atoms with E-state index in [1.54, 1.807) is 38.1 Å². The van der Waals surface area contributed by atoms with Crippen molar-refractivity contribution in [3.8, 4) is 36.4 Å². The SMILES string of the molecule is CC/C=C(\C#N)C(C#N)=Nc1c(C)c2nc(C#N)c(C#N)nc2c2nc(C#N)c(C#N)nc12. The Bertz CT molecular complexity index is 1670. The van der Waals surface area contributed by atoms with E-state index in [1.165, 1.54) is 6.08 Å². The lowest BCUT2D eigenvalue weighted by molar-refractivity contribution is 1.16. The van der Waals surface area contributed by atoms with Gasteiger partial charge in [0.05, 0.1) is 16.8 Å². The van der Waals surface area contributed by atoms with Crippen LogP contribution >= 0.6 is 0 Å². The number of aromatic nitrogens is 4. The predicted molar refractivity (Wildman–Crippen MR) is 113 cm³/mol. The molecular formula is C22H9N11. The minimum atomic E-state index is -0.279. The molecule has 0 fully saturated rings. The number of allylic oxidation sites excluding steroid dienone is 2. The number of hydrogen-bond donors (Lipinski definition) is 0. The Balaban J connectivity index is 2.64. The number of nitrogens with zero attached hydrogens (tertiary/aromatic N) is 11. The van der Waals surface area contributed by atoms with Crippen LogP contribution in [0, 0.1) is 74.9 Å². The van der Waals surface area contributed by atoms with E-state index < -0.39 is 0 Å². The summed E-state index contributed by atoms with van der Waals surface area (Å²) < 4.78 is 0.